The van der Waals surface area contributed by atoms with Crippen molar-refractivity contribution in [2.75, 3.05) is 11.5 Å². The summed E-state index contributed by atoms with van der Waals surface area (Å²) in [4.78, 5) is 37.8. The maximum Gasteiger partial charge on any atom is 0.338 e. The average molecular weight is 374 g/mol. The number of benzene rings is 2. The van der Waals surface area contributed by atoms with E-state index in [2.05, 4.69) is 15.9 Å². The summed E-state index contributed by atoms with van der Waals surface area (Å²) in [7, 11) is 0. The standard InChI is InChI=1S/C17H12BrNO4/c1-2-23-17(22)10-7-8-14(13(18)9-10)19-15(20)11-5-3-4-6-12(11)16(19)21/h3-9H,2H2,1H3. The van der Waals surface area contributed by atoms with E-state index >= 15 is 0 Å². The van der Waals surface area contributed by atoms with Crippen LogP contribution in [0.1, 0.15) is 38.0 Å². The fourth-order valence-corrected chi connectivity index (χ4v) is 2.99. The van der Waals surface area contributed by atoms with E-state index in [9.17, 15) is 14.4 Å². The number of fused-ring (bicyclic) bond motifs is 1. The molecule has 0 radical (unpaired) electrons. The number of hydrogen-bond acceptors (Lipinski definition) is 4. The lowest BCUT2D eigenvalue weighted by molar-refractivity contribution is 0.0526. The summed E-state index contributed by atoms with van der Waals surface area (Å²) in [5, 5.41) is 0. The van der Waals surface area contributed by atoms with Crippen LogP contribution >= 0.6 is 15.9 Å². The summed E-state index contributed by atoms with van der Waals surface area (Å²) in [5.74, 6) is -1.22. The molecule has 116 valence electrons. The predicted molar refractivity (Wildman–Crippen MR) is 87.7 cm³/mol. The molecular formula is C17H12BrNO4. The smallest absolute Gasteiger partial charge is 0.338 e. The summed E-state index contributed by atoms with van der Waals surface area (Å²) >= 11 is 3.32. The van der Waals surface area contributed by atoms with E-state index in [4.69, 9.17) is 4.74 Å². The van der Waals surface area contributed by atoms with Gasteiger partial charge in [-0.1, -0.05) is 12.1 Å². The van der Waals surface area contributed by atoms with Gasteiger partial charge in [-0.25, -0.2) is 9.69 Å². The Morgan fingerprint density at radius 1 is 1.09 bits per heavy atom. The Labute approximate surface area is 141 Å². The fourth-order valence-electron chi connectivity index (χ4n) is 2.44. The van der Waals surface area contributed by atoms with Crippen LogP contribution in [0.15, 0.2) is 46.9 Å². The second kappa shape index (κ2) is 5.96. The first-order chi connectivity index (χ1) is 11.0. The molecule has 0 saturated carbocycles. The molecule has 0 spiro atoms. The van der Waals surface area contributed by atoms with Crippen LogP contribution in [0.5, 0.6) is 0 Å². The molecule has 0 unspecified atom stereocenters. The van der Waals surface area contributed by atoms with E-state index in [-0.39, 0.29) is 18.4 Å². The molecule has 3 rings (SSSR count). The number of ether oxygens (including phenoxy) is 1. The average Bonchev–Trinajstić information content (AvgIpc) is 2.80. The molecule has 1 aliphatic rings. The van der Waals surface area contributed by atoms with Crippen molar-refractivity contribution in [3.05, 3.63) is 63.6 Å². The molecule has 0 atom stereocenters. The van der Waals surface area contributed by atoms with Crippen LogP contribution < -0.4 is 4.90 Å². The second-order valence-electron chi connectivity index (χ2n) is 4.88. The van der Waals surface area contributed by atoms with Gasteiger partial charge in [0.2, 0.25) is 0 Å². The Balaban J connectivity index is 1.99. The largest absolute Gasteiger partial charge is 0.462 e. The molecule has 2 amide bonds. The summed E-state index contributed by atoms with van der Waals surface area (Å²) in [6.45, 7) is 2.00. The molecule has 23 heavy (non-hydrogen) atoms. The number of amides is 2. The lowest BCUT2D eigenvalue weighted by Crippen LogP contribution is -2.29. The zero-order valence-corrected chi connectivity index (χ0v) is 13.8. The van der Waals surface area contributed by atoms with E-state index in [1.165, 1.54) is 12.1 Å². The number of nitrogens with zero attached hydrogens (tertiary/aromatic N) is 1. The second-order valence-corrected chi connectivity index (χ2v) is 5.73. The lowest BCUT2D eigenvalue weighted by Gasteiger charge is -2.16. The number of esters is 1. The highest BCUT2D eigenvalue weighted by atomic mass is 79.9. The van der Waals surface area contributed by atoms with Crippen molar-refractivity contribution in [2.24, 2.45) is 0 Å². The molecule has 0 bridgehead atoms. The normalized spacial score (nSPS) is 13.2. The third-order valence-electron chi connectivity index (χ3n) is 3.49. The van der Waals surface area contributed by atoms with Crippen molar-refractivity contribution >= 4 is 39.4 Å². The molecule has 0 aromatic heterocycles. The van der Waals surface area contributed by atoms with E-state index < -0.39 is 5.97 Å². The van der Waals surface area contributed by atoms with Crippen molar-refractivity contribution in [2.45, 2.75) is 6.92 Å². The quantitative estimate of drug-likeness (QED) is 0.610. The van der Waals surface area contributed by atoms with Gasteiger partial charge in [-0.15, -0.1) is 0 Å². The number of carbonyl (C=O) groups excluding carboxylic acids is 3. The highest BCUT2D eigenvalue weighted by molar-refractivity contribution is 9.10. The first-order valence-electron chi connectivity index (χ1n) is 6.99. The maximum atomic E-state index is 12.5. The maximum absolute atomic E-state index is 12.5. The van der Waals surface area contributed by atoms with Crippen molar-refractivity contribution in [3.8, 4) is 0 Å². The topological polar surface area (TPSA) is 63.7 Å². The van der Waals surface area contributed by atoms with Crippen molar-refractivity contribution in [1.82, 2.24) is 0 Å². The van der Waals surface area contributed by atoms with Crippen LogP contribution in [0.2, 0.25) is 0 Å². The first kappa shape index (κ1) is 15.4. The predicted octanol–water partition coefficient (Wildman–Crippen LogP) is 3.43. The zero-order valence-electron chi connectivity index (χ0n) is 12.2. The van der Waals surface area contributed by atoms with Gasteiger partial charge in [0.15, 0.2) is 0 Å². The van der Waals surface area contributed by atoms with E-state index in [0.29, 0.717) is 26.9 Å². The lowest BCUT2D eigenvalue weighted by atomic mass is 10.1. The summed E-state index contributed by atoms with van der Waals surface area (Å²) in [6.07, 6.45) is 0. The minimum Gasteiger partial charge on any atom is -0.462 e. The van der Waals surface area contributed by atoms with Crippen molar-refractivity contribution < 1.29 is 19.1 Å². The van der Waals surface area contributed by atoms with Gasteiger partial charge in [0, 0.05) is 4.47 Å². The minimum absolute atomic E-state index is 0.274. The minimum atomic E-state index is -0.456. The van der Waals surface area contributed by atoms with Crippen LogP contribution in [-0.2, 0) is 4.74 Å². The van der Waals surface area contributed by atoms with Gasteiger partial charge in [-0.2, -0.15) is 0 Å². The van der Waals surface area contributed by atoms with E-state index in [1.54, 1.807) is 37.3 Å². The number of carbonyl (C=O) groups is 3. The Morgan fingerprint density at radius 2 is 1.70 bits per heavy atom. The Morgan fingerprint density at radius 3 is 2.22 bits per heavy atom. The summed E-state index contributed by atoms with van der Waals surface area (Å²) in [6, 6.07) is 11.3. The van der Waals surface area contributed by atoms with Crippen LogP contribution in [0.3, 0.4) is 0 Å². The Kier molecular flexibility index (Phi) is 4.00. The molecule has 0 fully saturated rings. The number of hydrogen-bond donors (Lipinski definition) is 0. The third kappa shape index (κ3) is 2.55. The summed E-state index contributed by atoms with van der Waals surface area (Å²) in [5.41, 5.74) is 1.49. The molecule has 0 saturated heterocycles. The SMILES string of the molecule is CCOC(=O)c1ccc(N2C(=O)c3ccccc3C2=O)c(Br)c1. The highest BCUT2D eigenvalue weighted by Gasteiger charge is 2.37. The number of imide groups is 1. The fraction of sp³-hybridized carbons (Fsp3) is 0.118. The molecule has 0 N–H and O–H groups in total. The van der Waals surface area contributed by atoms with Gasteiger partial charge in [0.1, 0.15) is 0 Å². The van der Waals surface area contributed by atoms with Gasteiger partial charge < -0.3 is 4.74 Å². The third-order valence-corrected chi connectivity index (χ3v) is 4.13. The Bertz CT molecular complexity index is 796. The molecule has 5 nitrogen and oxygen atoms in total. The molecular weight excluding hydrogens is 362 g/mol. The van der Waals surface area contributed by atoms with Crippen LogP contribution in [0, 0.1) is 0 Å². The molecule has 6 heteroatoms. The molecule has 2 aromatic rings. The van der Waals surface area contributed by atoms with E-state index in [0.717, 1.165) is 4.90 Å². The van der Waals surface area contributed by atoms with Gasteiger partial charge in [-0.05, 0) is 53.2 Å². The number of anilines is 1. The Hall–Kier alpha value is -2.47. The van der Waals surface area contributed by atoms with Crippen LogP contribution in [0.4, 0.5) is 5.69 Å². The monoisotopic (exact) mass is 373 g/mol. The van der Waals surface area contributed by atoms with Gasteiger partial charge in [0.25, 0.3) is 11.8 Å². The van der Waals surface area contributed by atoms with Gasteiger partial charge in [-0.3, -0.25) is 9.59 Å². The molecule has 1 heterocycles. The summed E-state index contributed by atoms with van der Waals surface area (Å²) < 4.78 is 5.40. The molecule has 1 aliphatic heterocycles. The van der Waals surface area contributed by atoms with Crippen molar-refractivity contribution in [3.63, 3.8) is 0 Å². The van der Waals surface area contributed by atoms with Crippen LogP contribution in [0.25, 0.3) is 0 Å². The van der Waals surface area contributed by atoms with Gasteiger partial charge >= 0.3 is 5.97 Å². The van der Waals surface area contributed by atoms with Crippen LogP contribution in [-0.4, -0.2) is 24.4 Å². The van der Waals surface area contributed by atoms with Gasteiger partial charge in [0.05, 0.1) is 29.0 Å². The number of halogens is 1. The molecule has 0 aliphatic carbocycles. The first-order valence-corrected chi connectivity index (χ1v) is 7.78. The van der Waals surface area contributed by atoms with Crippen molar-refractivity contribution in [1.29, 1.82) is 0 Å². The highest BCUT2D eigenvalue weighted by Crippen LogP contribution is 2.34. The number of rotatable bonds is 3. The zero-order chi connectivity index (χ0) is 16.6. The molecule has 2 aromatic carbocycles. The van der Waals surface area contributed by atoms with E-state index in [1.807, 2.05) is 0 Å².